The minimum absolute atomic E-state index is 0.00558. The smallest absolute Gasteiger partial charge is 0.163 e. The minimum atomic E-state index is -0.493. The van der Waals surface area contributed by atoms with E-state index in [1.807, 2.05) is 38.1 Å². The molecule has 2 aromatic rings. The molecule has 0 radical (unpaired) electrons. The predicted molar refractivity (Wildman–Crippen MR) is 74.3 cm³/mol. The first-order chi connectivity index (χ1) is 9.14. The van der Waals surface area contributed by atoms with Gasteiger partial charge in [0.2, 0.25) is 0 Å². The van der Waals surface area contributed by atoms with Crippen molar-refractivity contribution in [1.29, 1.82) is 0 Å². The van der Waals surface area contributed by atoms with E-state index >= 15 is 0 Å². The van der Waals surface area contributed by atoms with Crippen LogP contribution in [0, 0.1) is 0 Å². The highest BCUT2D eigenvalue weighted by atomic mass is 16.7. The molecule has 0 N–H and O–H groups in total. The fourth-order valence-corrected chi connectivity index (χ4v) is 2.35. The maximum atomic E-state index is 5.89. The summed E-state index contributed by atoms with van der Waals surface area (Å²) in [5.41, 5.74) is 0. The molecule has 0 saturated carbocycles. The summed E-state index contributed by atoms with van der Waals surface area (Å²) in [6.45, 7) is 4.94. The van der Waals surface area contributed by atoms with E-state index in [4.69, 9.17) is 14.2 Å². The van der Waals surface area contributed by atoms with Crippen molar-refractivity contribution >= 4 is 10.8 Å². The predicted octanol–water partition coefficient (Wildman–Crippen LogP) is 3.37. The zero-order chi connectivity index (χ0) is 13.3. The van der Waals surface area contributed by atoms with E-state index in [1.165, 1.54) is 5.39 Å². The van der Waals surface area contributed by atoms with Crippen molar-refractivity contribution in [1.82, 2.24) is 0 Å². The summed E-state index contributed by atoms with van der Waals surface area (Å²) in [5, 5.41) is 2.31. The Bertz CT molecular complexity index is 572. The third-order valence-electron chi connectivity index (χ3n) is 3.24. The molecule has 3 nitrogen and oxygen atoms in total. The van der Waals surface area contributed by atoms with Gasteiger partial charge in [-0.25, -0.2) is 0 Å². The van der Waals surface area contributed by atoms with Crippen LogP contribution in [-0.4, -0.2) is 25.1 Å². The Kier molecular flexibility index (Phi) is 3.17. The van der Waals surface area contributed by atoms with E-state index < -0.39 is 5.79 Å². The monoisotopic (exact) mass is 258 g/mol. The van der Waals surface area contributed by atoms with Gasteiger partial charge in [-0.3, -0.25) is 0 Å². The number of hydrogen-bond donors (Lipinski definition) is 0. The van der Waals surface area contributed by atoms with E-state index in [0.29, 0.717) is 13.2 Å². The van der Waals surface area contributed by atoms with Gasteiger partial charge < -0.3 is 14.2 Å². The van der Waals surface area contributed by atoms with Gasteiger partial charge in [-0.05, 0) is 25.3 Å². The van der Waals surface area contributed by atoms with Gasteiger partial charge in [0.05, 0.1) is 6.61 Å². The molecule has 1 fully saturated rings. The lowest BCUT2D eigenvalue weighted by molar-refractivity contribution is -0.141. The molecule has 1 aliphatic rings. The van der Waals surface area contributed by atoms with Crippen LogP contribution in [0.5, 0.6) is 5.75 Å². The first-order valence-corrected chi connectivity index (χ1v) is 6.56. The summed E-state index contributed by atoms with van der Waals surface area (Å²) in [6.07, 6.45) is -0.00558. The molecular formula is C16H18O3. The van der Waals surface area contributed by atoms with E-state index in [0.717, 1.165) is 11.1 Å². The first-order valence-electron chi connectivity index (χ1n) is 6.56. The van der Waals surface area contributed by atoms with Gasteiger partial charge in [0, 0.05) is 5.39 Å². The molecule has 1 aliphatic heterocycles. The van der Waals surface area contributed by atoms with Crippen molar-refractivity contribution in [3.8, 4) is 5.75 Å². The Morgan fingerprint density at radius 2 is 1.95 bits per heavy atom. The van der Waals surface area contributed by atoms with E-state index in [1.54, 1.807) is 0 Å². The van der Waals surface area contributed by atoms with E-state index in [-0.39, 0.29) is 6.10 Å². The van der Waals surface area contributed by atoms with Crippen LogP contribution in [0.15, 0.2) is 42.5 Å². The summed E-state index contributed by atoms with van der Waals surface area (Å²) in [6, 6.07) is 14.3. The maximum absolute atomic E-state index is 5.89. The molecule has 0 aromatic heterocycles. The molecule has 0 bridgehead atoms. The van der Waals surface area contributed by atoms with Gasteiger partial charge in [0.15, 0.2) is 5.79 Å². The van der Waals surface area contributed by atoms with Crippen LogP contribution in [0.4, 0.5) is 0 Å². The van der Waals surface area contributed by atoms with Crippen molar-refractivity contribution in [2.75, 3.05) is 13.2 Å². The number of fused-ring (bicyclic) bond motifs is 1. The Hall–Kier alpha value is -1.58. The normalized spacial score (nSPS) is 21.7. The molecule has 100 valence electrons. The third kappa shape index (κ3) is 2.72. The minimum Gasteiger partial charge on any atom is -0.490 e. The molecule has 0 spiro atoms. The Labute approximate surface area is 113 Å². The zero-order valence-electron chi connectivity index (χ0n) is 11.3. The van der Waals surface area contributed by atoms with Gasteiger partial charge in [-0.2, -0.15) is 0 Å². The lowest BCUT2D eigenvalue weighted by atomic mass is 10.1. The van der Waals surface area contributed by atoms with Crippen molar-refractivity contribution in [2.45, 2.75) is 25.7 Å². The maximum Gasteiger partial charge on any atom is 0.163 e. The van der Waals surface area contributed by atoms with Crippen molar-refractivity contribution < 1.29 is 14.2 Å². The van der Waals surface area contributed by atoms with Crippen LogP contribution in [0.25, 0.3) is 10.8 Å². The van der Waals surface area contributed by atoms with Crippen LogP contribution in [0.3, 0.4) is 0 Å². The largest absolute Gasteiger partial charge is 0.490 e. The molecule has 3 rings (SSSR count). The Morgan fingerprint density at radius 1 is 1.16 bits per heavy atom. The van der Waals surface area contributed by atoms with Crippen LogP contribution >= 0.6 is 0 Å². The summed E-state index contributed by atoms with van der Waals surface area (Å²) in [7, 11) is 0. The Balaban J connectivity index is 1.72. The van der Waals surface area contributed by atoms with Crippen molar-refractivity contribution in [3.05, 3.63) is 42.5 Å². The molecule has 2 aromatic carbocycles. The van der Waals surface area contributed by atoms with Crippen LogP contribution in [-0.2, 0) is 9.47 Å². The molecule has 1 heterocycles. The number of rotatable bonds is 3. The fraction of sp³-hybridized carbons (Fsp3) is 0.375. The second kappa shape index (κ2) is 4.83. The van der Waals surface area contributed by atoms with Crippen molar-refractivity contribution in [2.24, 2.45) is 0 Å². The van der Waals surface area contributed by atoms with E-state index in [2.05, 4.69) is 18.2 Å². The zero-order valence-corrected chi connectivity index (χ0v) is 11.3. The van der Waals surface area contributed by atoms with Gasteiger partial charge in [-0.15, -0.1) is 0 Å². The summed E-state index contributed by atoms with van der Waals surface area (Å²) in [4.78, 5) is 0. The molecule has 3 heteroatoms. The quantitative estimate of drug-likeness (QED) is 0.844. The lowest BCUT2D eigenvalue weighted by Crippen LogP contribution is -2.25. The van der Waals surface area contributed by atoms with Gasteiger partial charge >= 0.3 is 0 Å². The van der Waals surface area contributed by atoms with E-state index in [9.17, 15) is 0 Å². The molecule has 1 saturated heterocycles. The van der Waals surface area contributed by atoms with Crippen LogP contribution in [0.2, 0.25) is 0 Å². The molecule has 0 aliphatic carbocycles. The number of benzene rings is 2. The lowest BCUT2D eigenvalue weighted by Gasteiger charge is -2.17. The first kappa shape index (κ1) is 12.5. The average Bonchev–Trinajstić information content (AvgIpc) is 2.76. The SMILES string of the molecule is CC1(C)OC[C@@H](COc2cccc3ccccc23)O1. The van der Waals surface area contributed by atoms with Crippen LogP contribution < -0.4 is 4.74 Å². The molecular weight excluding hydrogens is 240 g/mol. The summed E-state index contributed by atoms with van der Waals surface area (Å²) < 4.78 is 17.2. The highest BCUT2D eigenvalue weighted by Gasteiger charge is 2.32. The van der Waals surface area contributed by atoms with Crippen molar-refractivity contribution in [3.63, 3.8) is 0 Å². The number of ether oxygens (including phenoxy) is 3. The van der Waals surface area contributed by atoms with Gasteiger partial charge in [0.1, 0.15) is 18.5 Å². The second-order valence-electron chi connectivity index (χ2n) is 5.24. The Morgan fingerprint density at radius 3 is 2.74 bits per heavy atom. The summed E-state index contributed by atoms with van der Waals surface area (Å²) in [5.74, 6) is 0.402. The molecule has 19 heavy (non-hydrogen) atoms. The van der Waals surface area contributed by atoms with Gasteiger partial charge in [-0.1, -0.05) is 36.4 Å². The molecule has 0 unspecified atom stereocenters. The number of hydrogen-bond acceptors (Lipinski definition) is 3. The average molecular weight is 258 g/mol. The molecule has 1 atom stereocenters. The fourth-order valence-electron chi connectivity index (χ4n) is 2.35. The highest BCUT2D eigenvalue weighted by Crippen LogP contribution is 2.27. The van der Waals surface area contributed by atoms with Crippen LogP contribution in [0.1, 0.15) is 13.8 Å². The summed E-state index contributed by atoms with van der Waals surface area (Å²) >= 11 is 0. The standard InChI is InChI=1S/C16H18O3/c1-16(2)18-11-13(19-16)10-17-15-9-5-7-12-6-3-4-8-14(12)15/h3-9,13H,10-11H2,1-2H3/t13-/m1/s1. The van der Waals surface area contributed by atoms with Gasteiger partial charge in [0.25, 0.3) is 0 Å². The molecule has 0 amide bonds. The second-order valence-corrected chi connectivity index (χ2v) is 5.24. The topological polar surface area (TPSA) is 27.7 Å². The highest BCUT2D eigenvalue weighted by molar-refractivity contribution is 5.88. The third-order valence-corrected chi connectivity index (χ3v) is 3.24.